The van der Waals surface area contributed by atoms with Crippen molar-refractivity contribution in [3.05, 3.63) is 58.1 Å². The second-order valence-corrected chi connectivity index (χ2v) is 5.58. The van der Waals surface area contributed by atoms with Gasteiger partial charge in [0.15, 0.2) is 0 Å². The van der Waals surface area contributed by atoms with Gasteiger partial charge in [-0.15, -0.1) is 0 Å². The molecule has 2 aromatic heterocycles. The van der Waals surface area contributed by atoms with Gasteiger partial charge in [-0.2, -0.15) is 0 Å². The third-order valence-corrected chi connectivity index (χ3v) is 3.60. The van der Waals surface area contributed by atoms with Crippen molar-refractivity contribution in [3.8, 4) is 11.3 Å². The van der Waals surface area contributed by atoms with Gasteiger partial charge >= 0.3 is 0 Å². The van der Waals surface area contributed by atoms with E-state index in [0.29, 0.717) is 5.56 Å². The number of benzene rings is 1. The molecule has 96 valence electrons. The number of aryl methyl sites for hydroxylation is 2. The molecule has 19 heavy (non-hydrogen) atoms. The van der Waals surface area contributed by atoms with E-state index in [-0.39, 0.29) is 5.82 Å². The molecule has 0 spiro atoms. The first kappa shape index (κ1) is 12.4. The summed E-state index contributed by atoms with van der Waals surface area (Å²) >= 11 is 3.46. The quantitative estimate of drug-likeness (QED) is 0.644. The Hall–Kier alpha value is -1.68. The molecule has 0 saturated carbocycles. The largest absolute Gasteiger partial charge is 0.305 e. The average Bonchev–Trinajstić information content (AvgIpc) is 2.76. The van der Waals surface area contributed by atoms with E-state index in [1.165, 1.54) is 6.07 Å². The lowest BCUT2D eigenvalue weighted by Crippen LogP contribution is -1.86. The summed E-state index contributed by atoms with van der Waals surface area (Å²) in [5, 5.41) is 0. The predicted octanol–water partition coefficient (Wildman–Crippen LogP) is 4.52. The Labute approximate surface area is 119 Å². The minimum Gasteiger partial charge on any atom is -0.305 e. The number of aromatic nitrogens is 2. The summed E-state index contributed by atoms with van der Waals surface area (Å²) in [6.45, 7) is 3.76. The number of hydrogen-bond donors (Lipinski definition) is 0. The Morgan fingerprint density at radius 1 is 1.11 bits per heavy atom. The maximum absolute atomic E-state index is 13.6. The standard InChI is InChI=1S/C15H12BrFN2/c1-9-3-4-11(6-13(9)17)14-8-19-7-12(16)5-10(2)15(19)18-14/h3-8H,1-2H3. The average molecular weight is 319 g/mol. The molecular weight excluding hydrogens is 307 g/mol. The number of rotatable bonds is 1. The van der Waals surface area contributed by atoms with E-state index in [2.05, 4.69) is 20.9 Å². The summed E-state index contributed by atoms with van der Waals surface area (Å²) in [6, 6.07) is 7.21. The Bertz CT molecular complexity index is 777. The second-order valence-electron chi connectivity index (χ2n) is 4.66. The SMILES string of the molecule is Cc1ccc(-c2cn3cc(Br)cc(C)c3n2)cc1F. The molecule has 0 saturated heterocycles. The summed E-state index contributed by atoms with van der Waals surface area (Å²) in [5.74, 6) is -0.201. The molecule has 0 radical (unpaired) electrons. The Morgan fingerprint density at radius 2 is 1.89 bits per heavy atom. The number of nitrogens with zero attached hydrogens (tertiary/aromatic N) is 2. The third kappa shape index (κ3) is 2.16. The molecule has 0 aliphatic carbocycles. The lowest BCUT2D eigenvalue weighted by atomic mass is 10.1. The van der Waals surface area contributed by atoms with E-state index in [0.717, 1.165) is 26.9 Å². The van der Waals surface area contributed by atoms with Gasteiger partial charge in [-0.3, -0.25) is 0 Å². The Kier molecular flexibility index (Phi) is 2.90. The molecule has 3 aromatic rings. The smallest absolute Gasteiger partial charge is 0.140 e. The second kappa shape index (κ2) is 4.46. The highest BCUT2D eigenvalue weighted by Crippen LogP contribution is 2.24. The molecule has 4 heteroatoms. The molecule has 3 rings (SSSR count). The van der Waals surface area contributed by atoms with E-state index < -0.39 is 0 Å². The van der Waals surface area contributed by atoms with E-state index in [4.69, 9.17) is 0 Å². The third-order valence-electron chi connectivity index (χ3n) is 3.17. The van der Waals surface area contributed by atoms with Gasteiger partial charge in [0.25, 0.3) is 0 Å². The van der Waals surface area contributed by atoms with Gasteiger partial charge in [-0.1, -0.05) is 12.1 Å². The van der Waals surface area contributed by atoms with Crippen LogP contribution in [0, 0.1) is 19.7 Å². The molecule has 0 atom stereocenters. The monoisotopic (exact) mass is 318 g/mol. The highest BCUT2D eigenvalue weighted by Gasteiger charge is 2.08. The summed E-state index contributed by atoms with van der Waals surface area (Å²) in [6.07, 6.45) is 3.86. The first-order valence-corrected chi connectivity index (χ1v) is 6.75. The van der Waals surface area contributed by atoms with Crippen molar-refractivity contribution >= 4 is 21.6 Å². The van der Waals surface area contributed by atoms with Crippen molar-refractivity contribution in [1.82, 2.24) is 9.38 Å². The van der Waals surface area contributed by atoms with E-state index in [9.17, 15) is 4.39 Å². The fourth-order valence-electron chi connectivity index (χ4n) is 2.12. The molecule has 0 bridgehead atoms. The van der Waals surface area contributed by atoms with Crippen LogP contribution < -0.4 is 0 Å². The van der Waals surface area contributed by atoms with Crippen LogP contribution in [0.2, 0.25) is 0 Å². The van der Waals surface area contributed by atoms with Crippen molar-refractivity contribution in [1.29, 1.82) is 0 Å². The molecule has 0 aliphatic heterocycles. The number of fused-ring (bicyclic) bond motifs is 1. The zero-order valence-corrected chi connectivity index (χ0v) is 12.2. The molecule has 2 nitrogen and oxygen atoms in total. The van der Waals surface area contributed by atoms with Crippen molar-refractivity contribution < 1.29 is 4.39 Å². The van der Waals surface area contributed by atoms with Crippen LogP contribution in [-0.4, -0.2) is 9.38 Å². The Balaban J connectivity index is 2.20. The molecule has 2 heterocycles. The van der Waals surface area contributed by atoms with E-state index in [1.807, 2.05) is 35.9 Å². The van der Waals surface area contributed by atoms with E-state index in [1.54, 1.807) is 13.0 Å². The number of halogens is 2. The topological polar surface area (TPSA) is 17.3 Å². The van der Waals surface area contributed by atoms with Crippen LogP contribution in [0.4, 0.5) is 4.39 Å². The highest BCUT2D eigenvalue weighted by atomic mass is 79.9. The molecule has 0 aliphatic rings. The summed E-state index contributed by atoms with van der Waals surface area (Å²) in [5.41, 5.74) is 4.18. The van der Waals surface area contributed by atoms with Crippen LogP contribution in [0.25, 0.3) is 16.9 Å². The molecule has 1 aromatic carbocycles. The van der Waals surface area contributed by atoms with Gasteiger partial charge in [0, 0.05) is 22.4 Å². The number of hydrogen-bond acceptors (Lipinski definition) is 1. The van der Waals surface area contributed by atoms with Crippen LogP contribution in [0.1, 0.15) is 11.1 Å². The first-order chi connectivity index (χ1) is 9.04. The zero-order valence-electron chi connectivity index (χ0n) is 10.6. The van der Waals surface area contributed by atoms with Gasteiger partial charge in [0.1, 0.15) is 11.5 Å². The van der Waals surface area contributed by atoms with E-state index >= 15 is 0 Å². The molecule has 0 N–H and O–H groups in total. The van der Waals surface area contributed by atoms with Crippen molar-refractivity contribution in [2.75, 3.05) is 0 Å². The van der Waals surface area contributed by atoms with Crippen LogP contribution in [0.15, 0.2) is 41.1 Å². The fourth-order valence-corrected chi connectivity index (χ4v) is 2.68. The lowest BCUT2D eigenvalue weighted by molar-refractivity contribution is 0.619. The van der Waals surface area contributed by atoms with Gasteiger partial charge in [-0.05, 0) is 53.0 Å². The van der Waals surface area contributed by atoms with Gasteiger partial charge in [0.05, 0.1) is 5.69 Å². The normalized spacial score (nSPS) is 11.2. The maximum atomic E-state index is 13.6. The Morgan fingerprint density at radius 3 is 2.63 bits per heavy atom. The van der Waals surface area contributed by atoms with Crippen LogP contribution >= 0.6 is 15.9 Å². The van der Waals surface area contributed by atoms with Crippen molar-refractivity contribution in [3.63, 3.8) is 0 Å². The molecular formula is C15H12BrFN2. The minimum absolute atomic E-state index is 0.201. The summed E-state index contributed by atoms with van der Waals surface area (Å²) < 4.78 is 16.6. The first-order valence-electron chi connectivity index (χ1n) is 5.96. The molecule has 0 amide bonds. The number of imidazole rings is 1. The van der Waals surface area contributed by atoms with Crippen LogP contribution in [0.5, 0.6) is 0 Å². The molecule has 0 fully saturated rings. The van der Waals surface area contributed by atoms with Crippen LogP contribution in [-0.2, 0) is 0 Å². The van der Waals surface area contributed by atoms with Crippen molar-refractivity contribution in [2.24, 2.45) is 0 Å². The number of pyridine rings is 1. The maximum Gasteiger partial charge on any atom is 0.140 e. The molecule has 0 unspecified atom stereocenters. The van der Waals surface area contributed by atoms with Crippen molar-refractivity contribution in [2.45, 2.75) is 13.8 Å². The zero-order chi connectivity index (χ0) is 13.6. The van der Waals surface area contributed by atoms with Crippen LogP contribution in [0.3, 0.4) is 0 Å². The van der Waals surface area contributed by atoms with Gasteiger partial charge < -0.3 is 4.40 Å². The predicted molar refractivity (Wildman–Crippen MR) is 77.8 cm³/mol. The summed E-state index contributed by atoms with van der Waals surface area (Å²) in [4.78, 5) is 4.57. The highest BCUT2D eigenvalue weighted by molar-refractivity contribution is 9.10. The minimum atomic E-state index is -0.201. The fraction of sp³-hybridized carbons (Fsp3) is 0.133. The van der Waals surface area contributed by atoms with Gasteiger partial charge in [-0.25, -0.2) is 9.37 Å². The van der Waals surface area contributed by atoms with Gasteiger partial charge in [0.2, 0.25) is 0 Å². The summed E-state index contributed by atoms with van der Waals surface area (Å²) in [7, 11) is 0. The lowest BCUT2D eigenvalue weighted by Gasteiger charge is -1.99.